The second kappa shape index (κ2) is 23.1. The van der Waals surface area contributed by atoms with Gasteiger partial charge in [0.2, 0.25) is 0 Å². The molecule has 4 aromatic heterocycles. The Balaban J connectivity index is 1.43. The molecule has 6 amide bonds. The maximum Gasteiger partial charge on any atom is 0.296 e. The van der Waals surface area contributed by atoms with E-state index in [1.54, 1.807) is 0 Å². The van der Waals surface area contributed by atoms with Crippen molar-refractivity contribution in [2.45, 2.75) is 51.0 Å². The lowest BCUT2D eigenvalue weighted by molar-refractivity contribution is 0.0657. The van der Waals surface area contributed by atoms with Crippen molar-refractivity contribution in [3.63, 3.8) is 0 Å². The van der Waals surface area contributed by atoms with Crippen LogP contribution in [0.5, 0.6) is 0 Å². The number of hydrogen-bond acceptors (Lipinski definition) is 15. The number of amides is 6. The normalized spacial score (nSPS) is 16.4. The molecular weight excluding hydrogens is 883 g/mol. The van der Waals surface area contributed by atoms with E-state index in [-0.39, 0.29) is 108 Å². The van der Waals surface area contributed by atoms with Gasteiger partial charge in [-0.1, -0.05) is 18.6 Å². The van der Waals surface area contributed by atoms with Gasteiger partial charge in [0.25, 0.3) is 57.7 Å². The van der Waals surface area contributed by atoms with Crippen LogP contribution in [0.15, 0.2) is 79.8 Å². The molecule has 7 heterocycles. The Bertz CT molecular complexity index is 2750. The molecule has 0 unspecified atom stereocenters. The van der Waals surface area contributed by atoms with Crippen molar-refractivity contribution in [3.8, 4) is 0 Å². The smallest absolute Gasteiger partial charge is 0.296 e. The Kier molecular flexibility index (Phi) is 17.2. The minimum Gasteiger partial charge on any atom is -0.425 e. The van der Waals surface area contributed by atoms with Gasteiger partial charge in [0.15, 0.2) is 0 Å². The summed E-state index contributed by atoms with van der Waals surface area (Å²) >= 11 is 0. The molecule has 7 rings (SSSR count). The van der Waals surface area contributed by atoms with Gasteiger partial charge in [-0.05, 0) is 81.5 Å². The standard InChI is InChI=1S/C42H51N11O14/c43-18-2-1-9-26-25-46-37(58)29-16-14-27(39(60)52(29)66)35(56)44-19-7-23-48(41(62)31-10-5-12-33(54)50(31)64)21-3-4-22-49(42(63)32-11-6-13-34(55)51(32)65)24-8-20-45-36(57)28-15-17-30(38(59)47-26)53(67)40(28)61/h5-6,10-17,26,64-67H,1-4,7-9,18-25,43H2,(H,44,56)(H,45,57)(H,46,58)(H,47,59)/t26-/m0/s1. The van der Waals surface area contributed by atoms with Crippen LogP contribution in [-0.4, -0.2) is 143 Å². The monoisotopic (exact) mass is 933 g/mol. The summed E-state index contributed by atoms with van der Waals surface area (Å²) in [5, 5.41) is 52.2. The van der Waals surface area contributed by atoms with Crippen LogP contribution < -0.4 is 49.2 Å². The molecule has 4 aromatic rings. The predicted molar refractivity (Wildman–Crippen MR) is 233 cm³/mol. The summed E-state index contributed by atoms with van der Waals surface area (Å²) < 4.78 is 0.307. The molecule has 0 aliphatic carbocycles. The number of nitrogens with zero attached hydrogens (tertiary/aromatic N) is 6. The molecule has 25 nitrogen and oxygen atoms in total. The van der Waals surface area contributed by atoms with Gasteiger partial charge in [0.05, 0.1) is 0 Å². The number of pyridine rings is 4. The largest absolute Gasteiger partial charge is 0.425 e. The Morgan fingerprint density at radius 3 is 1.45 bits per heavy atom. The molecule has 3 aliphatic rings. The number of aromatic nitrogens is 4. The molecule has 10 N–H and O–H groups in total. The third-order valence-electron chi connectivity index (χ3n) is 10.7. The summed E-state index contributed by atoms with van der Waals surface area (Å²) in [5.74, 6) is -5.33. The Morgan fingerprint density at radius 2 is 0.985 bits per heavy atom. The third kappa shape index (κ3) is 12.3. The van der Waals surface area contributed by atoms with Crippen LogP contribution >= 0.6 is 0 Å². The first-order valence-electron chi connectivity index (χ1n) is 21.2. The first-order chi connectivity index (χ1) is 32.0. The molecule has 67 heavy (non-hydrogen) atoms. The number of rotatable bonds is 6. The van der Waals surface area contributed by atoms with Gasteiger partial charge in [-0.25, -0.2) is 0 Å². The average molecular weight is 934 g/mol. The number of nitrogens with one attached hydrogen (secondary N) is 4. The summed E-state index contributed by atoms with van der Waals surface area (Å²) in [4.78, 5) is 133. The second-order valence-electron chi connectivity index (χ2n) is 15.3. The van der Waals surface area contributed by atoms with Gasteiger partial charge in [-0.15, -0.1) is 18.9 Å². The molecule has 4 bridgehead atoms. The average Bonchev–Trinajstić information content (AvgIpc) is 3.30. The summed E-state index contributed by atoms with van der Waals surface area (Å²) in [5.41, 5.74) is -1.58. The molecule has 0 fully saturated rings. The zero-order valence-electron chi connectivity index (χ0n) is 36.1. The van der Waals surface area contributed by atoms with Crippen LogP contribution in [0, 0.1) is 0 Å². The molecular formula is C42H51N11O14. The van der Waals surface area contributed by atoms with Crippen molar-refractivity contribution in [3.05, 3.63) is 136 Å². The fraction of sp³-hybridized carbons (Fsp3) is 0.381. The molecule has 25 heteroatoms. The van der Waals surface area contributed by atoms with E-state index in [1.165, 1.54) is 34.1 Å². The number of nitrogens with two attached hydrogens (primary N) is 1. The Morgan fingerprint density at radius 1 is 0.537 bits per heavy atom. The van der Waals surface area contributed by atoms with Crippen LogP contribution in [0.1, 0.15) is 108 Å². The number of fused-ring (bicyclic) bond motifs is 2. The summed E-state index contributed by atoms with van der Waals surface area (Å²) in [6.45, 7) is -0.375. The van der Waals surface area contributed by atoms with Crippen molar-refractivity contribution in [2.75, 3.05) is 52.4 Å². The molecule has 3 aliphatic heterocycles. The predicted octanol–water partition coefficient (Wildman–Crippen LogP) is -1.74. The molecule has 0 saturated heterocycles. The van der Waals surface area contributed by atoms with E-state index in [9.17, 15) is 68.8 Å². The lowest BCUT2D eigenvalue weighted by Crippen LogP contribution is -2.46. The molecule has 1 atom stereocenters. The van der Waals surface area contributed by atoms with Crippen molar-refractivity contribution in [1.29, 1.82) is 0 Å². The van der Waals surface area contributed by atoms with E-state index in [4.69, 9.17) is 5.73 Å². The minimum atomic E-state index is -1.25. The first-order valence-corrected chi connectivity index (χ1v) is 21.2. The first kappa shape index (κ1) is 49.8. The quantitative estimate of drug-likeness (QED) is 0.0766. The SMILES string of the molecule is NCCCC[C@H]1CNC(=O)c2ccc(c(=O)n2O)C(=O)NCCCN(C(=O)c2cccc(=O)n2O)CCCCN(C(=O)c2cccc(=O)n2O)CCCNC(=O)c2ccc(n(O)c2=O)C(=O)N1. The van der Waals surface area contributed by atoms with Gasteiger partial charge >= 0.3 is 0 Å². The summed E-state index contributed by atoms with van der Waals surface area (Å²) in [6.07, 6.45) is 1.78. The van der Waals surface area contributed by atoms with Crippen LogP contribution in [-0.2, 0) is 0 Å². The minimum absolute atomic E-state index is 0.0139. The molecule has 358 valence electrons. The lowest BCUT2D eigenvalue weighted by atomic mass is 10.1. The highest BCUT2D eigenvalue weighted by atomic mass is 16.5. The van der Waals surface area contributed by atoms with Crippen molar-refractivity contribution in [1.82, 2.24) is 50.0 Å². The van der Waals surface area contributed by atoms with E-state index in [0.717, 1.165) is 36.4 Å². The van der Waals surface area contributed by atoms with Crippen LogP contribution in [0.4, 0.5) is 0 Å². The summed E-state index contributed by atoms with van der Waals surface area (Å²) in [7, 11) is 0. The lowest BCUT2D eigenvalue weighted by Gasteiger charge is -2.26. The highest BCUT2D eigenvalue weighted by molar-refractivity contribution is 5.98. The Hall–Kier alpha value is -8.22. The number of hydrogen-bond donors (Lipinski definition) is 9. The maximum atomic E-state index is 13.7. The van der Waals surface area contributed by atoms with E-state index in [2.05, 4.69) is 21.3 Å². The fourth-order valence-electron chi connectivity index (χ4n) is 7.05. The molecule has 0 radical (unpaired) electrons. The highest BCUT2D eigenvalue weighted by Gasteiger charge is 2.26. The topological polar surface area (TPSA) is 352 Å². The van der Waals surface area contributed by atoms with E-state index in [1.807, 2.05) is 0 Å². The van der Waals surface area contributed by atoms with E-state index < -0.39 is 86.2 Å². The number of unbranched alkanes of at least 4 members (excludes halogenated alkanes) is 1. The molecule has 0 aromatic carbocycles. The van der Waals surface area contributed by atoms with E-state index in [0.29, 0.717) is 19.4 Å². The van der Waals surface area contributed by atoms with Crippen LogP contribution in [0.3, 0.4) is 0 Å². The van der Waals surface area contributed by atoms with Gasteiger partial charge in [-0.2, -0.15) is 0 Å². The maximum absolute atomic E-state index is 13.7. The number of carbonyl (C=O) groups excluding carboxylic acids is 6. The van der Waals surface area contributed by atoms with Crippen molar-refractivity contribution in [2.24, 2.45) is 5.73 Å². The second-order valence-corrected chi connectivity index (χ2v) is 15.3. The highest BCUT2D eigenvalue weighted by Crippen LogP contribution is 2.11. The van der Waals surface area contributed by atoms with Gasteiger partial charge < -0.3 is 57.6 Å². The fourth-order valence-corrected chi connectivity index (χ4v) is 7.05. The summed E-state index contributed by atoms with van der Waals surface area (Å²) in [6, 6.07) is 10.3. The van der Waals surface area contributed by atoms with Gasteiger partial charge in [-0.3, -0.25) is 47.9 Å². The van der Waals surface area contributed by atoms with E-state index >= 15 is 0 Å². The van der Waals surface area contributed by atoms with Crippen LogP contribution in [0.25, 0.3) is 0 Å². The zero-order chi connectivity index (χ0) is 48.8. The zero-order valence-corrected chi connectivity index (χ0v) is 36.1. The molecule has 0 saturated carbocycles. The van der Waals surface area contributed by atoms with Gasteiger partial charge in [0.1, 0.15) is 33.9 Å². The van der Waals surface area contributed by atoms with Gasteiger partial charge in [0, 0.05) is 64.0 Å². The molecule has 0 spiro atoms. The third-order valence-corrected chi connectivity index (χ3v) is 10.7. The Labute approximate surface area is 379 Å². The number of carbonyl (C=O) groups is 6. The van der Waals surface area contributed by atoms with Crippen molar-refractivity contribution >= 4 is 35.4 Å². The van der Waals surface area contributed by atoms with Crippen LogP contribution in [0.2, 0.25) is 0 Å². The van der Waals surface area contributed by atoms with Crippen molar-refractivity contribution < 1.29 is 49.6 Å².